The molecule has 3 heteroatoms. The molecule has 3 nitrogen and oxygen atoms in total. The minimum absolute atomic E-state index is 0.0521. The lowest BCUT2D eigenvalue weighted by Crippen LogP contribution is -2.36. The van der Waals surface area contributed by atoms with E-state index in [2.05, 4.69) is 63.2 Å². The number of anilines is 1. The number of benzene rings is 3. The van der Waals surface area contributed by atoms with Crippen LogP contribution < -0.4 is 10.6 Å². The van der Waals surface area contributed by atoms with Crippen LogP contribution >= 0.6 is 0 Å². The Balaban J connectivity index is 1.96. The average molecular weight is 331 g/mol. The normalized spacial score (nSPS) is 11.5. The molecular weight excluding hydrogens is 306 g/mol. The molecule has 3 aromatic rings. The number of rotatable bonds is 3. The average Bonchev–Trinajstić information content (AvgIpc) is 2.59. The lowest BCUT2D eigenvalue weighted by molar-refractivity contribution is 0.590. The Bertz CT molecular complexity index is 884. The molecule has 0 heterocycles. The number of hydrogen-bond donors (Lipinski definition) is 2. The monoisotopic (exact) mass is 331 g/mol. The lowest BCUT2D eigenvalue weighted by atomic mass is 9.87. The van der Waals surface area contributed by atoms with Gasteiger partial charge in [-0.25, -0.2) is 0 Å². The van der Waals surface area contributed by atoms with Crippen molar-refractivity contribution in [3.05, 3.63) is 77.9 Å². The van der Waals surface area contributed by atoms with Gasteiger partial charge in [-0.15, -0.1) is 0 Å². The molecular formula is C22H25N3. The molecule has 0 amide bonds. The van der Waals surface area contributed by atoms with Crippen molar-refractivity contribution in [1.82, 2.24) is 0 Å². The smallest absolute Gasteiger partial charge is 0.193 e. The van der Waals surface area contributed by atoms with Crippen molar-refractivity contribution in [1.29, 1.82) is 5.41 Å². The van der Waals surface area contributed by atoms with Gasteiger partial charge in [0.25, 0.3) is 0 Å². The predicted molar refractivity (Wildman–Crippen MR) is 107 cm³/mol. The van der Waals surface area contributed by atoms with Crippen molar-refractivity contribution in [2.24, 2.45) is 5.73 Å². The fraction of sp³-hybridized carbons (Fsp3) is 0.227. The van der Waals surface area contributed by atoms with Crippen LogP contribution in [0.2, 0.25) is 0 Å². The Morgan fingerprint density at radius 3 is 2.20 bits per heavy atom. The van der Waals surface area contributed by atoms with Crippen molar-refractivity contribution in [2.75, 3.05) is 4.90 Å². The number of fused-ring (bicyclic) bond motifs is 1. The quantitative estimate of drug-likeness (QED) is 0.522. The molecule has 25 heavy (non-hydrogen) atoms. The van der Waals surface area contributed by atoms with E-state index in [1.165, 1.54) is 5.56 Å². The van der Waals surface area contributed by atoms with E-state index in [0.717, 1.165) is 22.0 Å². The molecule has 0 aliphatic heterocycles. The first-order chi connectivity index (χ1) is 11.9. The summed E-state index contributed by atoms with van der Waals surface area (Å²) in [5.41, 5.74) is 9.45. The van der Waals surface area contributed by atoms with Gasteiger partial charge in [-0.3, -0.25) is 5.41 Å². The molecule has 0 bridgehead atoms. The second-order valence-electron chi connectivity index (χ2n) is 7.42. The van der Waals surface area contributed by atoms with Crippen LogP contribution in [-0.4, -0.2) is 5.96 Å². The molecule has 3 rings (SSSR count). The first-order valence-corrected chi connectivity index (χ1v) is 8.55. The van der Waals surface area contributed by atoms with Crippen LogP contribution in [0.3, 0.4) is 0 Å². The summed E-state index contributed by atoms with van der Waals surface area (Å²) in [7, 11) is 0. The number of guanidine groups is 1. The van der Waals surface area contributed by atoms with Crippen molar-refractivity contribution in [2.45, 2.75) is 32.7 Å². The first kappa shape index (κ1) is 17.0. The van der Waals surface area contributed by atoms with Crippen LogP contribution in [-0.2, 0) is 12.0 Å². The van der Waals surface area contributed by atoms with E-state index in [1.807, 2.05) is 29.2 Å². The van der Waals surface area contributed by atoms with E-state index in [9.17, 15) is 0 Å². The van der Waals surface area contributed by atoms with Gasteiger partial charge in [-0.1, -0.05) is 81.4 Å². The summed E-state index contributed by atoms with van der Waals surface area (Å²) >= 11 is 0. The zero-order valence-corrected chi connectivity index (χ0v) is 15.1. The Morgan fingerprint density at radius 1 is 0.920 bits per heavy atom. The molecule has 0 unspecified atom stereocenters. The highest BCUT2D eigenvalue weighted by Crippen LogP contribution is 2.28. The zero-order valence-electron chi connectivity index (χ0n) is 15.1. The second-order valence-corrected chi connectivity index (χ2v) is 7.42. The highest BCUT2D eigenvalue weighted by atomic mass is 15.2. The summed E-state index contributed by atoms with van der Waals surface area (Å²) in [6.07, 6.45) is 0. The van der Waals surface area contributed by atoms with Crippen molar-refractivity contribution < 1.29 is 0 Å². The van der Waals surface area contributed by atoms with Crippen LogP contribution in [0.4, 0.5) is 5.69 Å². The molecule has 0 radical (unpaired) electrons. The number of nitrogens with two attached hydrogens (primary N) is 1. The number of hydrogen-bond acceptors (Lipinski definition) is 1. The molecule has 0 aromatic heterocycles. The number of nitrogens with zero attached hydrogens (tertiary/aromatic N) is 1. The van der Waals surface area contributed by atoms with Crippen molar-refractivity contribution in [3.8, 4) is 0 Å². The highest BCUT2D eigenvalue weighted by Gasteiger charge is 2.16. The molecule has 0 saturated heterocycles. The maximum Gasteiger partial charge on any atom is 0.193 e. The van der Waals surface area contributed by atoms with Gasteiger partial charge in [-0.2, -0.15) is 0 Å². The minimum Gasteiger partial charge on any atom is -0.370 e. The van der Waals surface area contributed by atoms with Gasteiger partial charge in [0.1, 0.15) is 0 Å². The fourth-order valence-corrected chi connectivity index (χ4v) is 3.04. The third-order valence-corrected chi connectivity index (χ3v) is 4.51. The summed E-state index contributed by atoms with van der Waals surface area (Å²) in [6.45, 7) is 7.20. The third-order valence-electron chi connectivity index (χ3n) is 4.51. The summed E-state index contributed by atoms with van der Waals surface area (Å²) in [6, 6.07) is 22.9. The molecule has 3 N–H and O–H groups in total. The highest BCUT2D eigenvalue weighted by molar-refractivity contribution is 6.03. The van der Waals surface area contributed by atoms with Crippen molar-refractivity contribution in [3.63, 3.8) is 0 Å². The van der Waals surface area contributed by atoms with E-state index in [1.54, 1.807) is 0 Å². The van der Waals surface area contributed by atoms with E-state index >= 15 is 0 Å². The Hall–Kier alpha value is -2.81. The maximum atomic E-state index is 8.06. The van der Waals surface area contributed by atoms with Crippen LogP contribution in [0, 0.1) is 5.41 Å². The van der Waals surface area contributed by atoms with Gasteiger partial charge in [0.2, 0.25) is 0 Å². The van der Waals surface area contributed by atoms with Crippen LogP contribution in [0.1, 0.15) is 31.9 Å². The van der Waals surface area contributed by atoms with E-state index < -0.39 is 0 Å². The molecule has 0 fully saturated rings. The SMILES string of the molecule is CC(C)(C)c1ccc(CN(C(=N)N)c2cccc3ccccc23)cc1. The Labute approximate surface area is 149 Å². The van der Waals surface area contributed by atoms with Gasteiger partial charge in [-0.05, 0) is 28.0 Å². The molecule has 0 spiro atoms. The summed E-state index contributed by atoms with van der Waals surface area (Å²) in [5.74, 6) is 0.0521. The van der Waals surface area contributed by atoms with Crippen LogP contribution in [0.15, 0.2) is 66.7 Å². The van der Waals surface area contributed by atoms with Crippen LogP contribution in [0.25, 0.3) is 10.8 Å². The van der Waals surface area contributed by atoms with E-state index in [0.29, 0.717) is 6.54 Å². The van der Waals surface area contributed by atoms with Gasteiger partial charge in [0.05, 0.1) is 12.2 Å². The van der Waals surface area contributed by atoms with Gasteiger partial charge in [0.15, 0.2) is 5.96 Å². The largest absolute Gasteiger partial charge is 0.370 e. The number of nitrogens with one attached hydrogen (secondary N) is 1. The third kappa shape index (κ3) is 3.66. The molecule has 0 aliphatic carbocycles. The molecule has 0 aliphatic rings. The second kappa shape index (κ2) is 6.60. The standard InChI is InChI=1S/C22H25N3/c1-22(2,3)18-13-11-16(12-14-18)15-25(21(23)24)20-10-6-8-17-7-4-5-9-19(17)20/h4-14H,15H2,1-3H3,(H3,23,24). The molecule has 3 aromatic carbocycles. The van der Waals surface area contributed by atoms with E-state index in [-0.39, 0.29) is 11.4 Å². The molecule has 0 saturated carbocycles. The van der Waals surface area contributed by atoms with E-state index in [4.69, 9.17) is 11.1 Å². The van der Waals surface area contributed by atoms with Crippen LogP contribution in [0.5, 0.6) is 0 Å². The Kier molecular flexibility index (Phi) is 4.49. The summed E-state index contributed by atoms with van der Waals surface area (Å²) < 4.78 is 0. The summed E-state index contributed by atoms with van der Waals surface area (Å²) in [4.78, 5) is 1.86. The summed E-state index contributed by atoms with van der Waals surface area (Å²) in [5, 5.41) is 10.3. The minimum atomic E-state index is 0.0521. The topological polar surface area (TPSA) is 53.1 Å². The molecule has 128 valence electrons. The molecule has 0 atom stereocenters. The van der Waals surface area contributed by atoms with Gasteiger partial charge in [0, 0.05) is 5.39 Å². The first-order valence-electron chi connectivity index (χ1n) is 8.55. The van der Waals surface area contributed by atoms with Gasteiger partial charge < -0.3 is 10.6 Å². The zero-order chi connectivity index (χ0) is 18.0. The predicted octanol–water partition coefficient (Wildman–Crippen LogP) is 5.04. The van der Waals surface area contributed by atoms with Crippen molar-refractivity contribution >= 4 is 22.4 Å². The van der Waals surface area contributed by atoms with Gasteiger partial charge >= 0.3 is 0 Å². The maximum absolute atomic E-state index is 8.06. The lowest BCUT2D eigenvalue weighted by Gasteiger charge is -2.25. The fourth-order valence-electron chi connectivity index (χ4n) is 3.04. The Morgan fingerprint density at radius 2 is 1.56 bits per heavy atom.